The Morgan fingerprint density at radius 2 is 2.21 bits per heavy atom. The summed E-state index contributed by atoms with van der Waals surface area (Å²) in [6.07, 6.45) is 5.98. The second kappa shape index (κ2) is 4.89. The molecule has 5 unspecified atom stereocenters. The van der Waals surface area contributed by atoms with Crippen LogP contribution in [0.1, 0.15) is 31.4 Å². The van der Waals surface area contributed by atoms with E-state index in [2.05, 4.69) is 23.1 Å². The Labute approximate surface area is 114 Å². The van der Waals surface area contributed by atoms with E-state index < -0.39 is 0 Å². The lowest BCUT2D eigenvalue weighted by Gasteiger charge is -2.31. The standard InChI is InChI=1S/C14H24N4O/c1-9(15)14(11-5-16-17(2)6-11)18-7-10-3-4-13(19)12(10)8-18/h5-6,9-10,12-14,19H,3-4,7-8,15H2,1-2H3. The van der Waals surface area contributed by atoms with Crippen molar-refractivity contribution in [3.8, 4) is 0 Å². The molecule has 106 valence electrons. The number of fused-ring (bicyclic) bond motifs is 1. The fourth-order valence-electron chi connectivity index (χ4n) is 3.94. The third-order valence-electron chi connectivity index (χ3n) is 4.81. The number of hydrogen-bond acceptors (Lipinski definition) is 4. The van der Waals surface area contributed by atoms with Crippen LogP contribution in [0.3, 0.4) is 0 Å². The maximum absolute atomic E-state index is 10.0. The fraction of sp³-hybridized carbons (Fsp3) is 0.786. The minimum Gasteiger partial charge on any atom is -0.393 e. The molecule has 5 atom stereocenters. The Balaban J connectivity index is 1.79. The van der Waals surface area contributed by atoms with Gasteiger partial charge in [-0.2, -0.15) is 5.10 Å². The van der Waals surface area contributed by atoms with E-state index in [-0.39, 0.29) is 18.2 Å². The number of nitrogens with zero attached hydrogens (tertiary/aromatic N) is 3. The van der Waals surface area contributed by atoms with Gasteiger partial charge in [-0.1, -0.05) is 0 Å². The van der Waals surface area contributed by atoms with Crippen molar-refractivity contribution in [2.24, 2.45) is 24.6 Å². The Hall–Kier alpha value is -0.910. The van der Waals surface area contributed by atoms with Crippen LogP contribution in [-0.2, 0) is 7.05 Å². The molecule has 1 saturated carbocycles. The summed E-state index contributed by atoms with van der Waals surface area (Å²) in [6.45, 7) is 4.08. The Kier molecular flexibility index (Phi) is 3.37. The Bertz CT molecular complexity index is 444. The summed E-state index contributed by atoms with van der Waals surface area (Å²) < 4.78 is 1.83. The van der Waals surface area contributed by atoms with Crippen molar-refractivity contribution < 1.29 is 5.11 Å². The minimum absolute atomic E-state index is 0.0696. The number of aryl methyl sites for hydroxylation is 1. The molecule has 0 amide bonds. The van der Waals surface area contributed by atoms with Crippen molar-refractivity contribution >= 4 is 0 Å². The maximum Gasteiger partial charge on any atom is 0.0583 e. The second-order valence-electron chi connectivity index (χ2n) is 6.27. The van der Waals surface area contributed by atoms with Crippen LogP contribution in [0.15, 0.2) is 12.4 Å². The van der Waals surface area contributed by atoms with Crippen LogP contribution in [0.2, 0.25) is 0 Å². The molecular weight excluding hydrogens is 240 g/mol. The topological polar surface area (TPSA) is 67.3 Å². The van der Waals surface area contributed by atoms with Gasteiger partial charge >= 0.3 is 0 Å². The summed E-state index contributed by atoms with van der Waals surface area (Å²) in [5.41, 5.74) is 7.39. The van der Waals surface area contributed by atoms with Crippen molar-refractivity contribution in [1.29, 1.82) is 0 Å². The zero-order valence-electron chi connectivity index (χ0n) is 11.7. The average molecular weight is 264 g/mol. The maximum atomic E-state index is 10.0. The number of aliphatic hydroxyl groups excluding tert-OH is 1. The van der Waals surface area contributed by atoms with Gasteiger partial charge in [0, 0.05) is 43.9 Å². The quantitative estimate of drug-likeness (QED) is 0.835. The highest BCUT2D eigenvalue weighted by atomic mass is 16.3. The summed E-state index contributed by atoms with van der Waals surface area (Å²) in [5.74, 6) is 1.09. The van der Waals surface area contributed by atoms with Crippen LogP contribution in [0, 0.1) is 11.8 Å². The van der Waals surface area contributed by atoms with Crippen molar-refractivity contribution in [3.63, 3.8) is 0 Å². The molecule has 2 aliphatic rings. The average Bonchev–Trinajstić information content (AvgIpc) is 2.99. The van der Waals surface area contributed by atoms with Crippen LogP contribution in [0.4, 0.5) is 0 Å². The summed E-state index contributed by atoms with van der Waals surface area (Å²) >= 11 is 0. The zero-order valence-corrected chi connectivity index (χ0v) is 11.7. The number of nitrogens with two attached hydrogens (primary N) is 1. The van der Waals surface area contributed by atoms with Crippen molar-refractivity contribution in [1.82, 2.24) is 14.7 Å². The molecule has 5 heteroatoms. The number of likely N-dealkylation sites (tertiary alicyclic amines) is 1. The molecular formula is C14H24N4O. The van der Waals surface area contributed by atoms with E-state index in [1.807, 2.05) is 17.9 Å². The number of aliphatic hydroxyl groups is 1. The monoisotopic (exact) mass is 264 g/mol. The molecule has 2 fully saturated rings. The third kappa shape index (κ3) is 2.30. The lowest BCUT2D eigenvalue weighted by molar-refractivity contribution is 0.115. The van der Waals surface area contributed by atoms with Crippen LogP contribution >= 0.6 is 0 Å². The van der Waals surface area contributed by atoms with Gasteiger partial charge in [0.15, 0.2) is 0 Å². The highest BCUT2D eigenvalue weighted by Gasteiger charge is 2.44. The van der Waals surface area contributed by atoms with Crippen molar-refractivity contribution in [2.45, 2.75) is 38.0 Å². The van der Waals surface area contributed by atoms with Crippen LogP contribution in [-0.4, -0.2) is 45.0 Å². The summed E-state index contributed by atoms with van der Waals surface area (Å²) in [5, 5.41) is 14.3. The Morgan fingerprint density at radius 3 is 2.79 bits per heavy atom. The van der Waals surface area contributed by atoms with Crippen LogP contribution < -0.4 is 5.73 Å². The lowest BCUT2D eigenvalue weighted by atomic mass is 9.99. The van der Waals surface area contributed by atoms with Crippen molar-refractivity contribution in [2.75, 3.05) is 13.1 Å². The zero-order chi connectivity index (χ0) is 13.6. The number of aromatic nitrogens is 2. The molecule has 2 heterocycles. The number of rotatable bonds is 3. The molecule has 3 rings (SSSR count). The smallest absolute Gasteiger partial charge is 0.0583 e. The van der Waals surface area contributed by atoms with E-state index in [0.29, 0.717) is 11.8 Å². The van der Waals surface area contributed by atoms with Gasteiger partial charge in [0.1, 0.15) is 0 Å². The van der Waals surface area contributed by atoms with Gasteiger partial charge in [0.2, 0.25) is 0 Å². The first-order valence-electron chi connectivity index (χ1n) is 7.22. The van der Waals surface area contributed by atoms with E-state index in [1.165, 1.54) is 5.56 Å². The van der Waals surface area contributed by atoms with E-state index in [4.69, 9.17) is 5.73 Å². The van der Waals surface area contributed by atoms with E-state index in [1.54, 1.807) is 0 Å². The molecule has 1 saturated heterocycles. The molecule has 1 aromatic rings. The first-order chi connectivity index (χ1) is 9.06. The second-order valence-corrected chi connectivity index (χ2v) is 6.27. The largest absolute Gasteiger partial charge is 0.393 e. The highest BCUT2D eigenvalue weighted by molar-refractivity contribution is 5.14. The van der Waals surface area contributed by atoms with Gasteiger partial charge in [0.05, 0.1) is 18.3 Å². The van der Waals surface area contributed by atoms with Crippen LogP contribution in [0.5, 0.6) is 0 Å². The summed E-state index contributed by atoms with van der Waals surface area (Å²) in [7, 11) is 1.93. The molecule has 0 radical (unpaired) electrons. The molecule has 0 bridgehead atoms. The van der Waals surface area contributed by atoms with Gasteiger partial charge in [-0.3, -0.25) is 9.58 Å². The first kappa shape index (κ1) is 13.1. The highest BCUT2D eigenvalue weighted by Crippen LogP contribution is 2.41. The third-order valence-corrected chi connectivity index (χ3v) is 4.81. The SMILES string of the molecule is CC(N)C(c1cnn(C)c1)N1CC2CCC(O)C2C1. The molecule has 1 aliphatic heterocycles. The lowest BCUT2D eigenvalue weighted by Crippen LogP contribution is -2.39. The van der Waals surface area contributed by atoms with Gasteiger partial charge in [-0.15, -0.1) is 0 Å². The van der Waals surface area contributed by atoms with Gasteiger partial charge in [0.25, 0.3) is 0 Å². The Morgan fingerprint density at radius 1 is 1.42 bits per heavy atom. The van der Waals surface area contributed by atoms with E-state index in [0.717, 1.165) is 25.9 Å². The summed E-state index contributed by atoms with van der Waals surface area (Å²) in [6, 6.07) is 0.284. The van der Waals surface area contributed by atoms with Gasteiger partial charge in [-0.25, -0.2) is 0 Å². The molecule has 1 aliphatic carbocycles. The molecule has 19 heavy (non-hydrogen) atoms. The molecule has 5 nitrogen and oxygen atoms in total. The van der Waals surface area contributed by atoms with Crippen LogP contribution in [0.25, 0.3) is 0 Å². The predicted molar refractivity (Wildman–Crippen MR) is 73.4 cm³/mol. The molecule has 1 aromatic heterocycles. The molecule has 0 aromatic carbocycles. The molecule has 3 N–H and O–H groups in total. The summed E-state index contributed by atoms with van der Waals surface area (Å²) in [4.78, 5) is 2.44. The van der Waals surface area contributed by atoms with Crippen molar-refractivity contribution in [3.05, 3.63) is 18.0 Å². The van der Waals surface area contributed by atoms with E-state index >= 15 is 0 Å². The predicted octanol–water partition coefficient (Wildman–Crippen LogP) is 0.511. The fourth-order valence-corrected chi connectivity index (χ4v) is 3.94. The van der Waals surface area contributed by atoms with Gasteiger partial charge < -0.3 is 10.8 Å². The normalized spacial score (nSPS) is 34.4. The van der Waals surface area contributed by atoms with Gasteiger partial charge in [-0.05, 0) is 25.7 Å². The minimum atomic E-state index is -0.113. The molecule has 0 spiro atoms. The number of hydrogen-bond donors (Lipinski definition) is 2. The van der Waals surface area contributed by atoms with E-state index in [9.17, 15) is 5.11 Å². The first-order valence-corrected chi connectivity index (χ1v) is 7.22.